The molecule has 1 rings (SSSR count). The minimum Gasteiger partial charge on any atom is -0.381 e. The van der Waals surface area contributed by atoms with Crippen LogP contribution in [0.2, 0.25) is 0 Å². The van der Waals surface area contributed by atoms with Crippen LogP contribution in [-0.2, 0) is 4.74 Å². The molecule has 7 heteroatoms. The third-order valence-corrected chi connectivity index (χ3v) is 6.59. The lowest BCUT2D eigenvalue weighted by atomic mass is 9.99. The van der Waals surface area contributed by atoms with Crippen LogP contribution in [0.3, 0.4) is 0 Å². The number of halogens is 1. The summed E-state index contributed by atoms with van der Waals surface area (Å²) in [6, 6.07) is 0. The molecule has 0 aliphatic carbocycles. The highest BCUT2D eigenvalue weighted by atomic mass is 127. The zero-order valence-corrected chi connectivity index (χ0v) is 18.5. The molecule has 1 heterocycles. The van der Waals surface area contributed by atoms with Crippen molar-refractivity contribution in [3.8, 4) is 0 Å². The Hall–Kier alpha value is 0.660. The predicted octanol–water partition coefficient (Wildman–Crippen LogP) is 3.21. The summed E-state index contributed by atoms with van der Waals surface area (Å²) in [5.41, 5.74) is 0. The fraction of sp³-hybridized carbons (Fsp3) is 0.933. The molecule has 1 saturated heterocycles. The lowest BCUT2D eigenvalue weighted by Crippen LogP contribution is -2.49. The van der Waals surface area contributed by atoms with Gasteiger partial charge in [-0.3, -0.25) is 4.99 Å². The summed E-state index contributed by atoms with van der Waals surface area (Å²) in [5, 5.41) is 6.95. The van der Waals surface area contributed by atoms with Gasteiger partial charge in [-0.05, 0) is 38.7 Å². The van der Waals surface area contributed by atoms with Gasteiger partial charge in [0.2, 0.25) is 0 Å². The maximum absolute atomic E-state index is 5.52. The van der Waals surface area contributed by atoms with E-state index in [0.29, 0.717) is 4.75 Å². The number of hydrogen-bond acceptors (Lipinski definition) is 4. The number of nitrogens with zero attached hydrogens (tertiary/aromatic N) is 1. The summed E-state index contributed by atoms with van der Waals surface area (Å²) in [4.78, 5) is 4.35. The van der Waals surface area contributed by atoms with Gasteiger partial charge in [0.1, 0.15) is 0 Å². The molecule has 4 nitrogen and oxygen atoms in total. The molecular formula is C15H32IN3OS2. The fourth-order valence-electron chi connectivity index (χ4n) is 2.26. The van der Waals surface area contributed by atoms with Gasteiger partial charge in [0, 0.05) is 42.8 Å². The van der Waals surface area contributed by atoms with Crippen LogP contribution in [-0.4, -0.2) is 60.8 Å². The molecule has 0 atom stereocenters. The maximum Gasteiger partial charge on any atom is 0.191 e. The van der Waals surface area contributed by atoms with Gasteiger partial charge in [-0.25, -0.2) is 0 Å². The molecule has 1 aliphatic heterocycles. The average Bonchev–Trinajstić information content (AvgIpc) is 2.49. The Bertz CT molecular complexity index is 329. The van der Waals surface area contributed by atoms with E-state index in [1.54, 1.807) is 0 Å². The molecule has 0 aromatic rings. The molecule has 0 aromatic heterocycles. The first-order valence-corrected chi connectivity index (χ1v) is 9.89. The Kier molecular flexibility index (Phi) is 11.6. The highest BCUT2D eigenvalue weighted by Gasteiger charge is 2.32. The summed E-state index contributed by atoms with van der Waals surface area (Å²) in [5.74, 6) is 2.05. The predicted molar refractivity (Wildman–Crippen MR) is 113 cm³/mol. The summed E-state index contributed by atoms with van der Waals surface area (Å²) >= 11 is 3.92. The van der Waals surface area contributed by atoms with Crippen molar-refractivity contribution in [2.24, 2.45) is 4.99 Å². The van der Waals surface area contributed by atoms with Crippen LogP contribution in [0.15, 0.2) is 4.99 Å². The van der Waals surface area contributed by atoms with E-state index in [2.05, 4.69) is 54.4 Å². The second-order valence-electron chi connectivity index (χ2n) is 5.97. The number of hydrogen-bond donors (Lipinski definition) is 2. The molecule has 1 aliphatic rings. The second kappa shape index (κ2) is 11.3. The summed E-state index contributed by atoms with van der Waals surface area (Å²) in [6.45, 7) is 10.3. The van der Waals surface area contributed by atoms with E-state index in [1.165, 1.54) is 0 Å². The summed E-state index contributed by atoms with van der Waals surface area (Å²) in [7, 11) is 1.84. The second-order valence-corrected chi connectivity index (χ2v) is 9.22. The molecule has 2 N–H and O–H groups in total. The fourth-order valence-corrected chi connectivity index (χ4v) is 3.71. The van der Waals surface area contributed by atoms with E-state index in [-0.39, 0.29) is 28.7 Å². The first-order valence-electron chi connectivity index (χ1n) is 7.68. The van der Waals surface area contributed by atoms with Crippen LogP contribution < -0.4 is 10.6 Å². The van der Waals surface area contributed by atoms with Crippen molar-refractivity contribution in [2.75, 3.05) is 45.4 Å². The molecule has 0 radical (unpaired) electrons. The monoisotopic (exact) mass is 461 g/mol. The standard InChI is InChI=1S/C15H31N3OS2.HI/c1-6-21-15(7-9-19-10-8-15)12-18-13(16-4)17-11-14(2,3)20-5;/h6-12H2,1-5H3,(H2,16,17,18);1H. The SMILES string of the molecule is CCSC1(CNC(=NC)NCC(C)(C)SC)CCOCC1.I. The molecule has 0 saturated carbocycles. The van der Waals surface area contributed by atoms with Crippen molar-refractivity contribution in [2.45, 2.75) is 43.1 Å². The van der Waals surface area contributed by atoms with Crippen molar-refractivity contribution < 1.29 is 4.74 Å². The van der Waals surface area contributed by atoms with Crippen molar-refractivity contribution in [3.63, 3.8) is 0 Å². The molecule has 0 aromatic carbocycles. The lowest BCUT2D eigenvalue weighted by molar-refractivity contribution is 0.0782. The average molecular weight is 461 g/mol. The Morgan fingerprint density at radius 1 is 1.27 bits per heavy atom. The Labute approximate surface area is 161 Å². The largest absolute Gasteiger partial charge is 0.381 e. The summed E-state index contributed by atoms with van der Waals surface area (Å²) in [6.07, 6.45) is 4.38. The van der Waals surface area contributed by atoms with Gasteiger partial charge in [0.15, 0.2) is 5.96 Å². The van der Waals surface area contributed by atoms with Crippen LogP contribution in [0.1, 0.15) is 33.6 Å². The van der Waals surface area contributed by atoms with Crippen LogP contribution in [0.25, 0.3) is 0 Å². The molecule has 0 amide bonds. The topological polar surface area (TPSA) is 45.7 Å². The number of ether oxygens (including phenoxy) is 1. The lowest BCUT2D eigenvalue weighted by Gasteiger charge is -2.37. The zero-order chi connectivity index (χ0) is 15.8. The van der Waals surface area contributed by atoms with Crippen molar-refractivity contribution in [1.29, 1.82) is 0 Å². The first-order chi connectivity index (χ1) is 9.97. The Morgan fingerprint density at radius 2 is 1.91 bits per heavy atom. The van der Waals surface area contributed by atoms with Gasteiger partial charge < -0.3 is 15.4 Å². The van der Waals surface area contributed by atoms with E-state index in [9.17, 15) is 0 Å². The molecule has 22 heavy (non-hydrogen) atoms. The quantitative estimate of drug-likeness (QED) is 0.347. The molecular weight excluding hydrogens is 429 g/mol. The molecule has 132 valence electrons. The van der Waals surface area contributed by atoms with Gasteiger partial charge >= 0.3 is 0 Å². The van der Waals surface area contributed by atoms with Crippen LogP contribution in [0.5, 0.6) is 0 Å². The van der Waals surface area contributed by atoms with Crippen LogP contribution in [0.4, 0.5) is 0 Å². The normalized spacial score (nSPS) is 18.5. The first kappa shape index (κ1) is 22.7. The number of aliphatic imine (C=N–C) groups is 1. The molecule has 0 unspecified atom stereocenters. The van der Waals surface area contributed by atoms with Gasteiger partial charge in [-0.15, -0.1) is 24.0 Å². The maximum atomic E-state index is 5.52. The minimum atomic E-state index is 0. The zero-order valence-electron chi connectivity index (χ0n) is 14.5. The Balaban J connectivity index is 0.00000441. The highest BCUT2D eigenvalue weighted by Crippen LogP contribution is 2.34. The van der Waals surface area contributed by atoms with Crippen molar-refractivity contribution in [3.05, 3.63) is 0 Å². The van der Waals surface area contributed by atoms with Crippen molar-refractivity contribution in [1.82, 2.24) is 10.6 Å². The highest BCUT2D eigenvalue weighted by molar-refractivity contribution is 14.0. The molecule has 0 bridgehead atoms. The van der Waals surface area contributed by atoms with E-state index >= 15 is 0 Å². The number of rotatable bonds is 7. The minimum absolute atomic E-state index is 0. The number of nitrogens with one attached hydrogen (secondary N) is 2. The molecule has 0 spiro atoms. The van der Waals surface area contributed by atoms with Crippen LogP contribution in [0, 0.1) is 0 Å². The smallest absolute Gasteiger partial charge is 0.191 e. The van der Waals surface area contributed by atoms with E-state index in [1.807, 2.05) is 18.8 Å². The molecule has 1 fully saturated rings. The summed E-state index contributed by atoms with van der Waals surface area (Å²) < 4.78 is 6.03. The van der Waals surface area contributed by atoms with Gasteiger partial charge in [0.25, 0.3) is 0 Å². The third-order valence-electron chi connectivity index (χ3n) is 3.89. The van der Waals surface area contributed by atoms with Gasteiger partial charge in [-0.2, -0.15) is 23.5 Å². The number of guanidine groups is 1. The van der Waals surface area contributed by atoms with Gasteiger partial charge in [0.05, 0.1) is 0 Å². The van der Waals surface area contributed by atoms with Crippen molar-refractivity contribution >= 4 is 53.5 Å². The van der Waals surface area contributed by atoms with Gasteiger partial charge in [-0.1, -0.05) is 6.92 Å². The van der Waals surface area contributed by atoms with E-state index in [0.717, 1.165) is 50.9 Å². The Morgan fingerprint density at radius 3 is 2.41 bits per heavy atom. The van der Waals surface area contributed by atoms with E-state index < -0.39 is 0 Å². The van der Waals surface area contributed by atoms with Crippen LogP contribution >= 0.6 is 47.5 Å². The third kappa shape index (κ3) is 7.97. The van der Waals surface area contributed by atoms with E-state index in [4.69, 9.17) is 4.74 Å². The number of thioether (sulfide) groups is 2.